The van der Waals surface area contributed by atoms with Crippen molar-refractivity contribution < 1.29 is 4.74 Å². The smallest absolute Gasteiger partial charge is 0.0575 e. The van der Waals surface area contributed by atoms with Crippen molar-refractivity contribution in [1.29, 1.82) is 0 Å². The van der Waals surface area contributed by atoms with E-state index in [0.717, 1.165) is 12.0 Å². The maximum atomic E-state index is 6.34. The Morgan fingerprint density at radius 3 is 2.22 bits per heavy atom. The van der Waals surface area contributed by atoms with Crippen LogP contribution in [0.2, 0.25) is 0 Å². The van der Waals surface area contributed by atoms with Crippen LogP contribution in [-0.2, 0) is 11.2 Å². The van der Waals surface area contributed by atoms with Gasteiger partial charge in [-0.15, -0.1) is 0 Å². The fourth-order valence-electron chi connectivity index (χ4n) is 2.47. The number of benzene rings is 1. The summed E-state index contributed by atoms with van der Waals surface area (Å²) in [6.07, 6.45) is 1.11. The van der Waals surface area contributed by atoms with Crippen LogP contribution in [0.4, 0.5) is 0 Å². The lowest BCUT2D eigenvalue weighted by atomic mass is 9.75. The van der Waals surface area contributed by atoms with Gasteiger partial charge >= 0.3 is 0 Å². The number of ether oxygens (including phenoxy) is 1. The van der Waals surface area contributed by atoms with E-state index in [1.54, 1.807) is 0 Å². The summed E-state index contributed by atoms with van der Waals surface area (Å²) in [5, 5.41) is 0. The van der Waals surface area contributed by atoms with E-state index >= 15 is 0 Å². The normalized spacial score (nSPS) is 19.6. The SMILES string of the molecule is CC(C)Cc1ccc(C(N)C2(CN)COC2)cc1. The molecule has 0 spiro atoms. The van der Waals surface area contributed by atoms with Crippen LogP contribution < -0.4 is 11.5 Å². The number of hydrogen-bond acceptors (Lipinski definition) is 3. The molecular weight excluding hydrogens is 224 g/mol. The van der Waals surface area contributed by atoms with Gasteiger partial charge in [0.2, 0.25) is 0 Å². The highest BCUT2D eigenvalue weighted by Crippen LogP contribution is 2.38. The van der Waals surface area contributed by atoms with Crippen LogP contribution >= 0.6 is 0 Å². The van der Waals surface area contributed by atoms with Gasteiger partial charge in [0, 0.05) is 18.0 Å². The van der Waals surface area contributed by atoms with Crippen LogP contribution in [-0.4, -0.2) is 19.8 Å². The molecule has 1 heterocycles. The van der Waals surface area contributed by atoms with E-state index in [1.807, 2.05) is 0 Å². The molecule has 0 saturated carbocycles. The quantitative estimate of drug-likeness (QED) is 0.836. The van der Waals surface area contributed by atoms with E-state index in [4.69, 9.17) is 16.2 Å². The molecule has 1 aliphatic heterocycles. The lowest BCUT2D eigenvalue weighted by Gasteiger charge is -2.45. The number of rotatable bonds is 5. The summed E-state index contributed by atoms with van der Waals surface area (Å²) in [5.41, 5.74) is 14.7. The first-order valence-electron chi connectivity index (χ1n) is 6.69. The Morgan fingerprint density at radius 1 is 1.22 bits per heavy atom. The molecule has 1 aliphatic rings. The molecule has 1 saturated heterocycles. The van der Waals surface area contributed by atoms with Crippen LogP contribution in [0.5, 0.6) is 0 Å². The van der Waals surface area contributed by atoms with Gasteiger partial charge in [0.1, 0.15) is 0 Å². The van der Waals surface area contributed by atoms with Gasteiger partial charge in [0.05, 0.1) is 13.2 Å². The average molecular weight is 248 g/mol. The first kappa shape index (κ1) is 13.5. The molecule has 2 rings (SSSR count). The zero-order valence-electron chi connectivity index (χ0n) is 11.4. The monoisotopic (exact) mass is 248 g/mol. The topological polar surface area (TPSA) is 61.3 Å². The number of nitrogens with two attached hydrogens (primary N) is 2. The largest absolute Gasteiger partial charge is 0.380 e. The first-order valence-corrected chi connectivity index (χ1v) is 6.69. The Morgan fingerprint density at radius 2 is 1.83 bits per heavy atom. The van der Waals surface area contributed by atoms with Crippen molar-refractivity contribution in [1.82, 2.24) is 0 Å². The lowest BCUT2D eigenvalue weighted by Crippen LogP contribution is -2.54. The Bertz CT molecular complexity index is 376. The van der Waals surface area contributed by atoms with Gasteiger partial charge in [0.25, 0.3) is 0 Å². The van der Waals surface area contributed by atoms with Crippen molar-refractivity contribution in [2.75, 3.05) is 19.8 Å². The predicted molar refractivity (Wildman–Crippen MR) is 74.2 cm³/mol. The van der Waals surface area contributed by atoms with Crippen molar-refractivity contribution in [3.05, 3.63) is 35.4 Å². The minimum absolute atomic E-state index is 0.0238. The summed E-state index contributed by atoms with van der Waals surface area (Å²) in [6, 6.07) is 8.61. The van der Waals surface area contributed by atoms with Crippen LogP contribution in [0.25, 0.3) is 0 Å². The molecule has 18 heavy (non-hydrogen) atoms. The Balaban J connectivity index is 2.09. The average Bonchev–Trinajstić information content (AvgIpc) is 2.28. The van der Waals surface area contributed by atoms with E-state index < -0.39 is 0 Å². The molecule has 1 aromatic rings. The molecule has 0 amide bonds. The van der Waals surface area contributed by atoms with Crippen molar-refractivity contribution in [3.8, 4) is 0 Å². The lowest BCUT2D eigenvalue weighted by molar-refractivity contribution is -0.121. The molecular formula is C15H24N2O. The van der Waals surface area contributed by atoms with Crippen molar-refractivity contribution in [2.45, 2.75) is 26.3 Å². The molecule has 1 atom stereocenters. The minimum atomic E-state index is -0.0560. The van der Waals surface area contributed by atoms with Gasteiger partial charge in [-0.05, 0) is 23.5 Å². The molecule has 100 valence electrons. The third-order valence-corrected chi connectivity index (χ3v) is 3.83. The van der Waals surface area contributed by atoms with Crippen molar-refractivity contribution in [3.63, 3.8) is 0 Å². The summed E-state index contributed by atoms with van der Waals surface area (Å²) >= 11 is 0. The molecule has 1 aromatic carbocycles. The third-order valence-electron chi connectivity index (χ3n) is 3.83. The first-order chi connectivity index (χ1) is 8.57. The Kier molecular flexibility index (Phi) is 4.05. The second-order valence-electron chi connectivity index (χ2n) is 5.88. The third kappa shape index (κ3) is 2.58. The predicted octanol–water partition coefficient (Wildman–Crippen LogP) is 1.86. The molecule has 3 nitrogen and oxygen atoms in total. The van der Waals surface area contributed by atoms with Gasteiger partial charge in [-0.3, -0.25) is 0 Å². The second-order valence-corrected chi connectivity index (χ2v) is 5.88. The summed E-state index contributed by atoms with van der Waals surface area (Å²) < 4.78 is 5.29. The molecule has 0 radical (unpaired) electrons. The standard InChI is InChI=1S/C15H24N2O/c1-11(2)7-12-3-5-13(6-4-12)14(17)15(8-16)9-18-10-15/h3-6,11,14H,7-10,16-17H2,1-2H3. The van der Waals surface area contributed by atoms with Gasteiger partial charge in [-0.25, -0.2) is 0 Å². The summed E-state index contributed by atoms with van der Waals surface area (Å²) in [4.78, 5) is 0. The molecule has 4 N–H and O–H groups in total. The second kappa shape index (κ2) is 5.39. The van der Waals surface area contributed by atoms with Crippen molar-refractivity contribution in [2.24, 2.45) is 22.8 Å². The maximum Gasteiger partial charge on any atom is 0.0575 e. The molecule has 1 unspecified atom stereocenters. The fraction of sp³-hybridized carbons (Fsp3) is 0.600. The van der Waals surface area contributed by atoms with Gasteiger partial charge in [-0.2, -0.15) is 0 Å². The highest BCUT2D eigenvalue weighted by molar-refractivity contribution is 5.27. The zero-order valence-corrected chi connectivity index (χ0v) is 11.4. The number of hydrogen-bond donors (Lipinski definition) is 2. The van der Waals surface area contributed by atoms with Crippen LogP contribution in [0, 0.1) is 11.3 Å². The van der Waals surface area contributed by atoms with Crippen molar-refractivity contribution >= 4 is 0 Å². The van der Waals surface area contributed by atoms with Gasteiger partial charge in [0.15, 0.2) is 0 Å². The summed E-state index contributed by atoms with van der Waals surface area (Å²) in [6.45, 7) is 6.41. The molecule has 0 bridgehead atoms. The van der Waals surface area contributed by atoms with E-state index in [-0.39, 0.29) is 11.5 Å². The van der Waals surface area contributed by atoms with E-state index in [1.165, 1.54) is 5.56 Å². The summed E-state index contributed by atoms with van der Waals surface area (Å²) in [5.74, 6) is 0.680. The van der Waals surface area contributed by atoms with Crippen LogP contribution in [0.15, 0.2) is 24.3 Å². The highest BCUT2D eigenvalue weighted by atomic mass is 16.5. The van der Waals surface area contributed by atoms with E-state index in [9.17, 15) is 0 Å². The Labute approximate surface area is 110 Å². The maximum absolute atomic E-state index is 6.34. The Hall–Kier alpha value is -0.900. The van der Waals surface area contributed by atoms with Gasteiger partial charge < -0.3 is 16.2 Å². The van der Waals surface area contributed by atoms with Crippen LogP contribution in [0.1, 0.15) is 31.0 Å². The molecule has 0 aromatic heterocycles. The van der Waals surface area contributed by atoms with E-state index in [2.05, 4.69) is 38.1 Å². The molecule has 1 fully saturated rings. The molecule has 0 aliphatic carbocycles. The summed E-state index contributed by atoms with van der Waals surface area (Å²) in [7, 11) is 0. The minimum Gasteiger partial charge on any atom is -0.380 e. The van der Waals surface area contributed by atoms with Crippen LogP contribution in [0.3, 0.4) is 0 Å². The zero-order chi connectivity index (χ0) is 13.2. The fourth-order valence-corrected chi connectivity index (χ4v) is 2.47. The van der Waals surface area contributed by atoms with E-state index in [0.29, 0.717) is 25.7 Å². The van der Waals surface area contributed by atoms with Gasteiger partial charge in [-0.1, -0.05) is 38.1 Å². The molecule has 3 heteroatoms. The highest BCUT2D eigenvalue weighted by Gasteiger charge is 2.43.